The van der Waals surface area contributed by atoms with Gasteiger partial charge < -0.3 is 10.5 Å². The highest BCUT2D eigenvalue weighted by Gasteiger charge is 2.08. The molecule has 0 aliphatic carbocycles. The lowest BCUT2D eigenvalue weighted by molar-refractivity contribution is 0.320. The van der Waals surface area contributed by atoms with Crippen molar-refractivity contribution < 1.29 is 4.74 Å². The molecule has 2 nitrogen and oxygen atoms in total. The second-order valence-electron chi connectivity index (χ2n) is 4.05. The molecule has 1 aromatic rings. The summed E-state index contributed by atoms with van der Waals surface area (Å²) in [4.78, 5) is 0. The van der Waals surface area contributed by atoms with Gasteiger partial charge in [-0.2, -0.15) is 0 Å². The summed E-state index contributed by atoms with van der Waals surface area (Å²) in [6, 6.07) is 5.82. The van der Waals surface area contributed by atoms with Gasteiger partial charge >= 0.3 is 0 Å². The predicted octanol–water partition coefficient (Wildman–Crippen LogP) is 3.57. The SMILES string of the molecule is C=CCCOc1ccc(Cl)cc1CC(N)CC. The first-order valence-corrected chi connectivity index (χ1v) is 6.32. The lowest BCUT2D eigenvalue weighted by Gasteiger charge is -2.14. The molecule has 0 heterocycles. The van der Waals surface area contributed by atoms with Crippen LogP contribution in [0.1, 0.15) is 25.3 Å². The molecular weight excluding hydrogens is 234 g/mol. The molecule has 0 amide bonds. The normalized spacial score (nSPS) is 12.2. The minimum atomic E-state index is 0.148. The average molecular weight is 254 g/mol. The van der Waals surface area contributed by atoms with Crippen LogP contribution in [0.25, 0.3) is 0 Å². The standard InChI is InChI=1S/C14H20ClNO/c1-3-5-8-17-14-7-6-12(15)9-11(14)10-13(16)4-2/h3,6-7,9,13H,1,4-5,8,10,16H2,2H3. The second kappa shape index (κ2) is 7.36. The molecule has 0 radical (unpaired) electrons. The van der Waals surface area contributed by atoms with Gasteiger partial charge in [0, 0.05) is 11.1 Å². The van der Waals surface area contributed by atoms with Gasteiger partial charge in [-0.15, -0.1) is 6.58 Å². The van der Waals surface area contributed by atoms with Crippen molar-refractivity contribution in [3.8, 4) is 5.75 Å². The van der Waals surface area contributed by atoms with E-state index in [-0.39, 0.29) is 6.04 Å². The summed E-state index contributed by atoms with van der Waals surface area (Å²) in [6.45, 7) is 6.38. The molecule has 0 spiro atoms. The third kappa shape index (κ3) is 4.80. The van der Waals surface area contributed by atoms with E-state index in [4.69, 9.17) is 22.1 Å². The van der Waals surface area contributed by atoms with E-state index >= 15 is 0 Å². The van der Waals surface area contributed by atoms with Gasteiger partial charge in [-0.1, -0.05) is 24.6 Å². The molecule has 17 heavy (non-hydrogen) atoms. The molecule has 94 valence electrons. The molecule has 0 saturated heterocycles. The van der Waals surface area contributed by atoms with E-state index in [0.717, 1.165) is 35.6 Å². The van der Waals surface area contributed by atoms with Crippen LogP contribution >= 0.6 is 11.6 Å². The van der Waals surface area contributed by atoms with Crippen molar-refractivity contribution >= 4 is 11.6 Å². The summed E-state index contributed by atoms with van der Waals surface area (Å²) in [7, 11) is 0. The molecule has 0 bridgehead atoms. The van der Waals surface area contributed by atoms with Crippen LogP contribution in [-0.2, 0) is 6.42 Å². The topological polar surface area (TPSA) is 35.2 Å². The van der Waals surface area contributed by atoms with Crippen LogP contribution in [0, 0.1) is 0 Å². The number of rotatable bonds is 7. The van der Waals surface area contributed by atoms with Gasteiger partial charge in [0.2, 0.25) is 0 Å². The number of halogens is 1. The first-order chi connectivity index (χ1) is 8.17. The number of hydrogen-bond donors (Lipinski definition) is 1. The highest BCUT2D eigenvalue weighted by Crippen LogP contribution is 2.24. The molecule has 0 fully saturated rings. The van der Waals surface area contributed by atoms with Crippen LogP contribution in [0.4, 0.5) is 0 Å². The van der Waals surface area contributed by atoms with Crippen molar-refractivity contribution in [2.24, 2.45) is 5.73 Å². The Morgan fingerprint density at radius 1 is 1.53 bits per heavy atom. The maximum Gasteiger partial charge on any atom is 0.122 e. The minimum absolute atomic E-state index is 0.148. The number of benzene rings is 1. The first-order valence-electron chi connectivity index (χ1n) is 5.95. The lowest BCUT2D eigenvalue weighted by atomic mass is 10.0. The third-order valence-corrected chi connectivity index (χ3v) is 2.84. The first kappa shape index (κ1) is 14.1. The Labute approximate surface area is 108 Å². The predicted molar refractivity (Wildman–Crippen MR) is 73.7 cm³/mol. The zero-order chi connectivity index (χ0) is 12.7. The van der Waals surface area contributed by atoms with Gasteiger partial charge in [0.15, 0.2) is 0 Å². The average Bonchev–Trinajstić information content (AvgIpc) is 2.32. The molecule has 0 aliphatic rings. The summed E-state index contributed by atoms with van der Waals surface area (Å²) >= 11 is 5.99. The molecule has 1 atom stereocenters. The van der Waals surface area contributed by atoms with Crippen LogP contribution in [-0.4, -0.2) is 12.6 Å². The van der Waals surface area contributed by atoms with E-state index in [1.165, 1.54) is 0 Å². The largest absolute Gasteiger partial charge is 0.493 e. The van der Waals surface area contributed by atoms with Gasteiger partial charge in [0.25, 0.3) is 0 Å². The molecule has 1 rings (SSSR count). The van der Waals surface area contributed by atoms with Gasteiger partial charge in [-0.3, -0.25) is 0 Å². The van der Waals surface area contributed by atoms with E-state index in [1.54, 1.807) is 0 Å². The van der Waals surface area contributed by atoms with Crippen molar-refractivity contribution in [2.75, 3.05) is 6.61 Å². The maximum atomic E-state index is 5.99. The molecule has 1 unspecified atom stereocenters. The van der Waals surface area contributed by atoms with Crippen molar-refractivity contribution in [3.63, 3.8) is 0 Å². The zero-order valence-electron chi connectivity index (χ0n) is 10.3. The van der Waals surface area contributed by atoms with Crippen LogP contribution < -0.4 is 10.5 Å². The summed E-state index contributed by atoms with van der Waals surface area (Å²) < 4.78 is 5.69. The van der Waals surface area contributed by atoms with E-state index in [1.807, 2.05) is 24.3 Å². The highest BCUT2D eigenvalue weighted by atomic mass is 35.5. The number of ether oxygens (including phenoxy) is 1. The van der Waals surface area contributed by atoms with E-state index in [0.29, 0.717) is 6.61 Å². The molecule has 2 N–H and O–H groups in total. The molecule has 3 heteroatoms. The Morgan fingerprint density at radius 2 is 2.29 bits per heavy atom. The molecule has 0 saturated carbocycles. The highest BCUT2D eigenvalue weighted by molar-refractivity contribution is 6.30. The van der Waals surface area contributed by atoms with Gasteiger partial charge in [-0.05, 0) is 43.0 Å². The fraction of sp³-hybridized carbons (Fsp3) is 0.429. The Morgan fingerprint density at radius 3 is 2.94 bits per heavy atom. The monoisotopic (exact) mass is 253 g/mol. The minimum Gasteiger partial charge on any atom is -0.493 e. The fourth-order valence-corrected chi connectivity index (χ4v) is 1.72. The number of nitrogens with two attached hydrogens (primary N) is 1. The van der Waals surface area contributed by atoms with Crippen molar-refractivity contribution in [3.05, 3.63) is 41.4 Å². The van der Waals surface area contributed by atoms with Gasteiger partial charge in [0.1, 0.15) is 5.75 Å². The summed E-state index contributed by atoms with van der Waals surface area (Å²) in [5.41, 5.74) is 7.04. The third-order valence-electron chi connectivity index (χ3n) is 2.61. The van der Waals surface area contributed by atoms with Crippen molar-refractivity contribution in [2.45, 2.75) is 32.2 Å². The summed E-state index contributed by atoms with van der Waals surface area (Å²) in [6.07, 6.45) is 4.41. The Balaban J connectivity index is 2.76. The Kier molecular flexibility index (Phi) is 6.09. The van der Waals surface area contributed by atoms with Crippen LogP contribution in [0.15, 0.2) is 30.9 Å². The number of hydrogen-bond acceptors (Lipinski definition) is 2. The molecular formula is C14H20ClNO. The Hall–Kier alpha value is -0.990. The van der Waals surface area contributed by atoms with Crippen molar-refractivity contribution in [1.29, 1.82) is 0 Å². The van der Waals surface area contributed by atoms with E-state index in [9.17, 15) is 0 Å². The van der Waals surface area contributed by atoms with E-state index in [2.05, 4.69) is 13.5 Å². The van der Waals surface area contributed by atoms with Crippen LogP contribution in [0.2, 0.25) is 5.02 Å². The van der Waals surface area contributed by atoms with E-state index < -0.39 is 0 Å². The molecule has 1 aromatic carbocycles. The zero-order valence-corrected chi connectivity index (χ0v) is 11.0. The smallest absolute Gasteiger partial charge is 0.122 e. The quantitative estimate of drug-likeness (QED) is 0.596. The molecule has 0 aromatic heterocycles. The van der Waals surface area contributed by atoms with Gasteiger partial charge in [-0.25, -0.2) is 0 Å². The maximum absolute atomic E-state index is 5.99. The van der Waals surface area contributed by atoms with Gasteiger partial charge in [0.05, 0.1) is 6.61 Å². The van der Waals surface area contributed by atoms with Crippen molar-refractivity contribution in [1.82, 2.24) is 0 Å². The fourth-order valence-electron chi connectivity index (χ4n) is 1.53. The van der Waals surface area contributed by atoms with Crippen LogP contribution in [0.3, 0.4) is 0 Å². The van der Waals surface area contributed by atoms with Crippen LogP contribution in [0.5, 0.6) is 5.75 Å². The summed E-state index contributed by atoms with van der Waals surface area (Å²) in [5, 5.41) is 0.722. The lowest BCUT2D eigenvalue weighted by Crippen LogP contribution is -2.21. The Bertz CT molecular complexity index is 365. The second-order valence-corrected chi connectivity index (χ2v) is 4.49. The summed E-state index contributed by atoms with van der Waals surface area (Å²) in [5.74, 6) is 0.875. The molecule has 0 aliphatic heterocycles.